The van der Waals surface area contributed by atoms with Crippen LogP contribution >= 0.6 is 0 Å². The fraction of sp³-hybridized carbons (Fsp3) is 0.219. The second-order valence-electron chi connectivity index (χ2n) is 9.35. The normalized spacial score (nSPS) is 13.9. The fourth-order valence-electron chi connectivity index (χ4n) is 4.71. The van der Waals surface area contributed by atoms with Crippen molar-refractivity contribution in [3.8, 4) is 5.75 Å². The summed E-state index contributed by atoms with van der Waals surface area (Å²) in [6.07, 6.45) is 2.30. The maximum Gasteiger partial charge on any atom is 0.416 e. The van der Waals surface area contributed by atoms with E-state index < -0.39 is 29.0 Å². The standard InChI is InChI=1S/C24H25S.C8H5F3O3/c1-4-10-20(11-5-1)21-16-18-24(19-17-21)25(22-12-6-2-7-13-22)23-14-8-3-9-15-23;9-8(10,11)4-1-2-5(7(13)14)6(12)3-4/h2-3,6-9,12-20H,1,4-5,10-11H2;1-3,12H,(H,13,14)/q+1;/p-1. The summed E-state index contributed by atoms with van der Waals surface area (Å²) in [4.78, 5) is 14.5. The molecule has 0 spiro atoms. The van der Waals surface area contributed by atoms with Crippen molar-refractivity contribution in [3.05, 3.63) is 120 Å². The zero-order chi connectivity index (χ0) is 27.8. The molecule has 1 aliphatic carbocycles. The van der Waals surface area contributed by atoms with Gasteiger partial charge in [0.15, 0.2) is 14.7 Å². The van der Waals surface area contributed by atoms with Gasteiger partial charge < -0.3 is 10.2 Å². The highest BCUT2D eigenvalue weighted by Gasteiger charge is 2.31. The minimum absolute atomic E-state index is 0.0278. The predicted octanol–water partition coefficient (Wildman–Crippen LogP) is 8.31. The summed E-state index contributed by atoms with van der Waals surface area (Å²) in [5.41, 5.74) is -0.279. The van der Waals surface area contributed by atoms with E-state index in [4.69, 9.17) is 5.11 Å². The molecule has 1 N–H and O–H groups in total. The van der Waals surface area contributed by atoms with Crippen molar-refractivity contribution < 1.29 is 28.2 Å². The second kappa shape index (κ2) is 12.9. The van der Waals surface area contributed by atoms with Crippen LogP contribution in [0.15, 0.2) is 118 Å². The van der Waals surface area contributed by atoms with Crippen molar-refractivity contribution in [1.29, 1.82) is 0 Å². The number of rotatable bonds is 5. The Morgan fingerprint density at radius 2 is 1.26 bits per heavy atom. The van der Waals surface area contributed by atoms with E-state index in [0.29, 0.717) is 12.1 Å². The van der Waals surface area contributed by atoms with Gasteiger partial charge in [-0.3, -0.25) is 0 Å². The molecule has 1 aliphatic rings. The first-order valence-corrected chi connectivity index (χ1v) is 14.0. The van der Waals surface area contributed by atoms with Gasteiger partial charge in [-0.05, 0) is 72.9 Å². The number of hydrogen-bond acceptors (Lipinski definition) is 2. The number of carboxylic acid groups (broad SMARTS) is 1. The molecule has 0 heterocycles. The van der Waals surface area contributed by atoms with Gasteiger partial charge in [0, 0.05) is 0 Å². The Hall–Kier alpha value is -3.71. The lowest BCUT2D eigenvalue weighted by atomic mass is 9.84. The molecule has 0 atom stereocenters. The number of carbonyl (C=O) groups is 1. The fourth-order valence-corrected chi connectivity index (χ4v) is 6.79. The minimum Gasteiger partial charge on any atom is -0.872 e. The van der Waals surface area contributed by atoms with Gasteiger partial charge in [0.2, 0.25) is 0 Å². The predicted molar refractivity (Wildman–Crippen MR) is 145 cm³/mol. The van der Waals surface area contributed by atoms with Crippen molar-refractivity contribution in [1.82, 2.24) is 0 Å². The van der Waals surface area contributed by atoms with Gasteiger partial charge in [0.05, 0.1) is 22.0 Å². The quantitative estimate of drug-likeness (QED) is 0.254. The molecule has 4 aromatic carbocycles. The number of hydrogen-bond donors (Lipinski definition) is 1. The summed E-state index contributed by atoms with van der Waals surface area (Å²) in [6, 6.07) is 32.8. The van der Waals surface area contributed by atoms with E-state index in [9.17, 15) is 23.1 Å². The molecule has 0 amide bonds. The molecule has 5 rings (SSSR count). The van der Waals surface area contributed by atoms with E-state index in [-0.39, 0.29) is 17.0 Å². The second-order valence-corrected chi connectivity index (χ2v) is 11.4. The lowest BCUT2D eigenvalue weighted by Crippen LogP contribution is -2.09. The smallest absolute Gasteiger partial charge is 0.416 e. The van der Waals surface area contributed by atoms with Gasteiger partial charge in [-0.1, -0.05) is 79.6 Å². The summed E-state index contributed by atoms with van der Waals surface area (Å²) in [6.45, 7) is 0. The number of carboxylic acids is 1. The molecule has 0 bridgehead atoms. The summed E-state index contributed by atoms with van der Waals surface area (Å²) in [5.74, 6) is -1.91. The van der Waals surface area contributed by atoms with E-state index in [1.165, 1.54) is 52.4 Å². The first-order valence-electron chi connectivity index (χ1n) is 12.8. The van der Waals surface area contributed by atoms with E-state index in [1.807, 2.05) is 0 Å². The molecule has 0 saturated heterocycles. The van der Waals surface area contributed by atoms with Crippen LogP contribution in [0, 0.1) is 0 Å². The molecule has 4 aromatic rings. The van der Waals surface area contributed by atoms with Crippen molar-refractivity contribution in [2.75, 3.05) is 0 Å². The van der Waals surface area contributed by atoms with Gasteiger partial charge in [-0.25, -0.2) is 4.79 Å². The lowest BCUT2D eigenvalue weighted by molar-refractivity contribution is -0.269. The van der Waals surface area contributed by atoms with Crippen LogP contribution in [-0.2, 0) is 17.1 Å². The Morgan fingerprint density at radius 1 is 0.744 bits per heavy atom. The summed E-state index contributed by atoms with van der Waals surface area (Å²) >= 11 is 0. The van der Waals surface area contributed by atoms with Crippen LogP contribution in [-0.4, -0.2) is 11.1 Å². The molecule has 3 nitrogen and oxygen atoms in total. The van der Waals surface area contributed by atoms with Crippen LogP contribution in [0.4, 0.5) is 13.2 Å². The third-order valence-corrected chi connectivity index (χ3v) is 8.92. The Balaban J connectivity index is 0.000000215. The van der Waals surface area contributed by atoms with Crippen LogP contribution in [0.5, 0.6) is 5.75 Å². The molecule has 0 aromatic heterocycles. The maximum atomic E-state index is 12.0. The molecule has 202 valence electrons. The van der Waals surface area contributed by atoms with Gasteiger partial charge in [0.1, 0.15) is 0 Å². The molecule has 0 aliphatic heterocycles. The Labute approximate surface area is 229 Å². The Bertz CT molecular complexity index is 1310. The number of halogens is 3. The van der Waals surface area contributed by atoms with Gasteiger partial charge in [-0.15, -0.1) is 0 Å². The third kappa shape index (κ3) is 7.45. The van der Waals surface area contributed by atoms with Crippen LogP contribution in [0.25, 0.3) is 0 Å². The first-order chi connectivity index (χ1) is 18.7. The van der Waals surface area contributed by atoms with Crippen LogP contribution in [0.2, 0.25) is 0 Å². The average Bonchev–Trinajstić information content (AvgIpc) is 2.95. The van der Waals surface area contributed by atoms with E-state index >= 15 is 0 Å². The maximum absolute atomic E-state index is 12.0. The largest absolute Gasteiger partial charge is 0.872 e. The molecular formula is C32H29F3O3S. The number of benzene rings is 4. The van der Waals surface area contributed by atoms with Gasteiger partial charge >= 0.3 is 12.1 Å². The average molecular weight is 551 g/mol. The van der Waals surface area contributed by atoms with Gasteiger partial charge in [-0.2, -0.15) is 13.2 Å². The van der Waals surface area contributed by atoms with E-state index in [0.717, 1.165) is 5.92 Å². The van der Waals surface area contributed by atoms with Gasteiger partial charge in [0.25, 0.3) is 0 Å². The summed E-state index contributed by atoms with van der Waals surface area (Å²) < 4.78 is 36.0. The molecule has 0 radical (unpaired) electrons. The molecule has 1 fully saturated rings. The summed E-state index contributed by atoms with van der Waals surface area (Å²) in [7, 11) is -0.0278. The van der Waals surface area contributed by atoms with Crippen LogP contribution in [0.1, 0.15) is 59.5 Å². The zero-order valence-corrected chi connectivity index (χ0v) is 22.1. The molecule has 0 unspecified atom stereocenters. The van der Waals surface area contributed by atoms with Crippen molar-refractivity contribution >= 4 is 16.9 Å². The first kappa shape index (κ1) is 28.3. The van der Waals surface area contributed by atoms with Crippen molar-refractivity contribution in [2.45, 2.75) is 58.9 Å². The highest BCUT2D eigenvalue weighted by molar-refractivity contribution is 7.97. The van der Waals surface area contributed by atoms with Crippen LogP contribution in [0.3, 0.4) is 0 Å². The topological polar surface area (TPSA) is 60.4 Å². The van der Waals surface area contributed by atoms with Crippen molar-refractivity contribution in [3.63, 3.8) is 0 Å². The SMILES string of the molecule is O=C(O)c1ccc(C(F)(F)F)cc1[O-].c1ccc([S+](c2ccccc2)c2ccc(C3CCCCC3)cc2)cc1. The Kier molecular flexibility index (Phi) is 9.36. The number of aromatic carboxylic acids is 1. The highest BCUT2D eigenvalue weighted by Crippen LogP contribution is 2.36. The number of alkyl halides is 3. The zero-order valence-electron chi connectivity index (χ0n) is 21.2. The molecule has 7 heteroatoms. The van der Waals surface area contributed by atoms with E-state index in [1.54, 1.807) is 0 Å². The third-order valence-electron chi connectivity index (χ3n) is 6.69. The molecule has 1 saturated carbocycles. The highest BCUT2D eigenvalue weighted by atomic mass is 32.2. The molecular weight excluding hydrogens is 521 g/mol. The Morgan fingerprint density at radius 3 is 1.72 bits per heavy atom. The minimum atomic E-state index is -4.63. The van der Waals surface area contributed by atoms with E-state index in [2.05, 4.69) is 84.9 Å². The van der Waals surface area contributed by atoms with Crippen LogP contribution < -0.4 is 5.11 Å². The van der Waals surface area contributed by atoms with Crippen molar-refractivity contribution in [2.24, 2.45) is 0 Å². The monoisotopic (exact) mass is 550 g/mol. The summed E-state index contributed by atoms with van der Waals surface area (Å²) in [5, 5.41) is 19.2. The lowest BCUT2D eigenvalue weighted by Gasteiger charge is -2.22. The molecule has 39 heavy (non-hydrogen) atoms.